The maximum absolute atomic E-state index is 10.5. The number of hydrogen-bond acceptors (Lipinski definition) is 4. The molecular weight excluding hydrogens is 490 g/mol. The first kappa shape index (κ1) is 29.6. The van der Waals surface area contributed by atoms with Gasteiger partial charge in [0.1, 0.15) is 11.6 Å². The molecule has 40 heavy (non-hydrogen) atoms. The summed E-state index contributed by atoms with van der Waals surface area (Å²) in [5, 5.41) is 13.7. The van der Waals surface area contributed by atoms with Crippen LogP contribution in [0, 0.1) is 13.8 Å². The van der Waals surface area contributed by atoms with Crippen LogP contribution >= 0.6 is 0 Å². The number of rotatable bonds is 5. The third-order valence-corrected chi connectivity index (χ3v) is 8.00. The molecule has 0 atom stereocenters. The predicted molar refractivity (Wildman–Crippen MR) is 171 cm³/mol. The lowest BCUT2D eigenvalue weighted by atomic mass is 9.82. The van der Waals surface area contributed by atoms with Crippen LogP contribution in [-0.2, 0) is 24.7 Å². The fraction of sp³-hybridized carbons (Fsp3) is 0.417. The molecule has 1 heterocycles. The number of amidine groups is 1. The molecule has 2 N–H and O–H groups in total. The Morgan fingerprint density at radius 3 is 2.08 bits per heavy atom. The minimum absolute atomic E-state index is 0.0404. The molecule has 0 spiro atoms. The zero-order valence-electron chi connectivity index (χ0n) is 25.6. The molecule has 0 saturated heterocycles. The molecule has 2 aliphatic rings. The van der Waals surface area contributed by atoms with E-state index in [1.165, 1.54) is 39.0 Å². The number of phenolic OH excluding ortho intramolecular Hbond substituents is 1. The SMILES string of the molecule is CN(C)CCC=C1c2ccccc2CCc2ccccc21.Cc1cc(C(C)(C)C)c(O)c(C)c1CC1=NCCN1. The molecule has 1 aliphatic heterocycles. The van der Waals surface area contributed by atoms with Gasteiger partial charge in [0.25, 0.3) is 0 Å². The number of nitrogens with one attached hydrogen (secondary N) is 1. The van der Waals surface area contributed by atoms with Gasteiger partial charge in [-0.2, -0.15) is 0 Å². The van der Waals surface area contributed by atoms with Crippen molar-refractivity contribution < 1.29 is 5.11 Å². The molecule has 0 bridgehead atoms. The third kappa shape index (κ3) is 7.03. The van der Waals surface area contributed by atoms with Gasteiger partial charge in [-0.3, -0.25) is 4.99 Å². The van der Waals surface area contributed by atoms with Crippen molar-refractivity contribution in [2.45, 2.75) is 65.7 Å². The first-order valence-electron chi connectivity index (χ1n) is 14.7. The molecule has 0 fully saturated rings. The minimum atomic E-state index is -0.0404. The van der Waals surface area contributed by atoms with Crippen LogP contribution < -0.4 is 5.32 Å². The number of hydrogen-bond donors (Lipinski definition) is 2. The molecule has 4 nitrogen and oxygen atoms in total. The van der Waals surface area contributed by atoms with Gasteiger partial charge in [-0.15, -0.1) is 0 Å². The quantitative estimate of drug-likeness (QED) is 0.368. The van der Waals surface area contributed by atoms with E-state index in [1.807, 2.05) is 6.92 Å². The molecule has 3 aromatic rings. The van der Waals surface area contributed by atoms with Crippen molar-refractivity contribution in [1.82, 2.24) is 10.2 Å². The fourth-order valence-corrected chi connectivity index (χ4v) is 5.69. The molecule has 5 rings (SSSR count). The zero-order chi connectivity index (χ0) is 28.9. The molecule has 0 aromatic heterocycles. The Labute approximate surface area is 241 Å². The smallest absolute Gasteiger partial charge is 0.122 e. The van der Waals surface area contributed by atoms with Gasteiger partial charge in [0.2, 0.25) is 0 Å². The number of aromatic hydroxyl groups is 1. The highest BCUT2D eigenvalue weighted by Gasteiger charge is 2.23. The fourth-order valence-electron chi connectivity index (χ4n) is 5.69. The summed E-state index contributed by atoms with van der Waals surface area (Å²) in [4.78, 5) is 6.68. The van der Waals surface area contributed by atoms with Gasteiger partial charge in [-0.1, -0.05) is 81.4 Å². The number of phenols is 1. The van der Waals surface area contributed by atoms with E-state index in [0.717, 1.165) is 62.3 Å². The van der Waals surface area contributed by atoms with Crippen LogP contribution in [0.25, 0.3) is 5.57 Å². The highest BCUT2D eigenvalue weighted by molar-refractivity contribution is 5.86. The molecule has 0 unspecified atom stereocenters. The first-order valence-corrected chi connectivity index (χ1v) is 14.7. The van der Waals surface area contributed by atoms with Gasteiger partial charge >= 0.3 is 0 Å². The van der Waals surface area contributed by atoms with E-state index in [0.29, 0.717) is 5.75 Å². The summed E-state index contributed by atoms with van der Waals surface area (Å²) in [5.74, 6) is 1.47. The van der Waals surface area contributed by atoms with E-state index >= 15 is 0 Å². The van der Waals surface area contributed by atoms with E-state index in [4.69, 9.17) is 0 Å². The van der Waals surface area contributed by atoms with Crippen LogP contribution in [0.15, 0.2) is 65.7 Å². The summed E-state index contributed by atoms with van der Waals surface area (Å²) in [6, 6.07) is 19.9. The number of aryl methyl sites for hydroxylation is 3. The summed E-state index contributed by atoms with van der Waals surface area (Å²) in [6.45, 7) is 13.4. The van der Waals surface area contributed by atoms with Gasteiger partial charge in [0, 0.05) is 19.5 Å². The lowest BCUT2D eigenvalue weighted by molar-refractivity contribution is 0.417. The Kier molecular flexibility index (Phi) is 9.52. The van der Waals surface area contributed by atoms with Gasteiger partial charge in [0.05, 0.1) is 6.54 Å². The molecule has 212 valence electrons. The zero-order valence-corrected chi connectivity index (χ0v) is 25.6. The Morgan fingerprint density at radius 2 is 1.55 bits per heavy atom. The summed E-state index contributed by atoms with van der Waals surface area (Å²) >= 11 is 0. The highest BCUT2D eigenvalue weighted by atomic mass is 16.3. The van der Waals surface area contributed by atoms with Gasteiger partial charge in [-0.25, -0.2) is 0 Å². The molecule has 0 radical (unpaired) electrons. The van der Waals surface area contributed by atoms with Crippen LogP contribution in [0.5, 0.6) is 5.75 Å². The maximum Gasteiger partial charge on any atom is 0.122 e. The van der Waals surface area contributed by atoms with E-state index in [2.05, 4.69) is 118 Å². The number of nitrogens with zero attached hydrogens (tertiary/aromatic N) is 2. The van der Waals surface area contributed by atoms with Crippen molar-refractivity contribution in [3.63, 3.8) is 0 Å². The second kappa shape index (κ2) is 12.9. The maximum atomic E-state index is 10.5. The number of aliphatic imine (C=N–C) groups is 1. The minimum Gasteiger partial charge on any atom is -0.507 e. The molecular formula is C36H47N3O. The van der Waals surface area contributed by atoms with Crippen LogP contribution in [0.2, 0.25) is 0 Å². The lowest BCUT2D eigenvalue weighted by Crippen LogP contribution is -2.22. The van der Waals surface area contributed by atoms with Crippen molar-refractivity contribution in [3.05, 3.63) is 105 Å². The summed E-state index contributed by atoms with van der Waals surface area (Å²) in [6.07, 6.45) is 6.57. The Balaban J connectivity index is 0.000000186. The Bertz CT molecular complexity index is 1340. The topological polar surface area (TPSA) is 47.9 Å². The predicted octanol–water partition coefficient (Wildman–Crippen LogP) is 7.02. The van der Waals surface area contributed by atoms with E-state index in [-0.39, 0.29) is 5.41 Å². The van der Waals surface area contributed by atoms with Crippen LogP contribution in [-0.4, -0.2) is 49.6 Å². The highest BCUT2D eigenvalue weighted by Crippen LogP contribution is 2.37. The largest absolute Gasteiger partial charge is 0.507 e. The molecule has 4 heteroatoms. The van der Waals surface area contributed by atoms with Crippen LogP contribution in [0.3, 0.4) is 0 Å². The molecule has 0 saturated carbocycles. The molecule has 1 aliphatic carbocycles. The van der Waals surface area contributed by atoms with E-state index in [1.54, 1.807) is 0 Å². The van der Waals surface area contributed by atoms with Crippen molar-refractivity contribution in [3.8, 4) is 5.75 Å². The Morgan fingerprint density at radius 1 is 0.950 bits per heavy atom. The molecule has 0 amide bonds. The average molecular weight is 538 g/mol. The monoisotopic (exact) mass is 537 g/mol. The Hall–Kier alpha value is -3.37. The van der Waals surface area contributed by atoms with Gasteiger partial charge < -0.3 is 15.3 Å². The second-order valence-corrected chi connectivity index (χ2v) is 12.4. The van der Waals surface area contributed by atoms with Crippen molar-refractivity contribution >= 4 is 11.4 Å². The van der Waals surface area contributed by atoms with Gasteiger partial charge in [-0.05, 0) is 103 Å². The normalized spacial score (nSPS) is 14.4. The second-order valence-electron chi connectivity index (χ2n) is 12.4. The standard InChI is InChI=1S/C20H23N.C16H24N2O/c1-21(2)15-7-12-20-18-10-5-3-8-16(18)13-14-17-9-4-6-11-19(17)20;1-10-8-13(16(3,4)5)15(19)11(2)12(10)9-14-17-6-7-18-14/h3-6,8-12H,7,13-15H2,1-2H3;8,19H,6-7,9H2,1-5H3,(H,17,18). The third-order valence-electron chi connectivity index (χ3n) is 8.00. The van der Waals surface area contributed by atoms with Crippen molar-refractivity contribution in [2.75, 3.05) is 33.7 Å². The lowest BCUT2D eigenvalue weighted by Gasteiger charge is -2.24. The summed E-state index contributed by atoms with van der Waals surface area (Å²) < 4.78 is 0. The van der Waals surface area contributed by atoms with Gasteiger partial charge in [0.15, 0.2) is 0 Å². The van der Waals surface area contributed by atoms with E-state index < -0.39 is 0 Å². The van der Waals surface area contributed by atoms with Crippen molar-refractivity contribution in [2.24, 2.45) is 4.99 Å². The van der Waals surface area contributed by atoms with E-state index in [9.17, 15) is 5.11 Å². The number of benzene rings is 3. The van der Waals surface area contributed by atoms with Crippen molar-refractivity contribution in [1.29, 1.82) is 0 Å². The summed E-state index contributed by atoms with van der Waals surface area (Å²) in [7, 11) is 4.26. The van der Waals surface area contributed by atoms with Crippen LogP contribution in [0.1, 0.15) is 71.7 Å². The average Bonchev–Trinajstić information content (AvgIpc) is 3.38. The number of fused-ring (bicyclic) bond motifs is 2. The van der Waals surface area contributed by atoms with Crippen LogP contribution in [0.4, 0.5) is 0 Å². The molecule has 3 aromatic carbocycles. The first-order chi connectivity index (χ1) is 19.1. The summed E-state index contributed by atoms with van der Waals surface area (Å²) in [5.41, 5.74) is 11.6.